The standard InChI is InChI=1S/C21H30O2/c1-13(2)14-10-15-16(11-17(14)22)20(5)9-7-8-19(3,4)21(20,6)12-18(15)23/h10-11,13,22H,7-9,12H2,1-6H3/t20-,21+/m1/s1. The van der Waals surface area contributed by atoms with Crippen molar-refractivity contribution in [2.45, 2.75) is 78.6 Å². The van der Waals surface area contributed by atoms with Crippen molar-refractivity contribution >= 4 is 5.78 Å². The molecular formula is C21H30O2. The molecule has 0 aliphatic heterocycles. The molecule has 2 atom stereocenters. The number of fused-ring (bicyclic) bond motifs is 3. The third kappa shape index (κ3) is 2.03. The molecular weight excluding hydrogens is 284 g/mol. The molecule has 23 heavy (non-hydrogen) atoms. The van der Waals surface area contributed by atoms with Crippen LogP contribution in [0.15, 0.2) is 12.1 Å². The van der Waals surface area contributed by atoms with Gasteiger partial charge in [-0.1, -0.05) is 48.0 Å². The Balaban J connectivity index is 2.27. The summed E-state index contributed by atoms with van der Waals surface area (Å²) in [5.41, 5.74) is 2.83. The van der Waals surface area contributed by atoms with E-state index in [9.17, 15) is 9.90 Å². The number of ketones is 1. The second-order valence-corrected chi connectivity index (χ2v) is 9.11. The molecule has 0 bridgehead atoms. The number of rotatable bonds is 1. The van der Waals surface area contributed by atoms with Gasteiger partial charge >= 0.3 is 0 Å². The summed E-state index contributed by atoms with van der Waals surface area (Å²) in [5, 5.41) is 10.5. The monoisotopic (exact) mass is 314 g/mol. The van der Waals surface area contributed by atoms with E-state index in [1.807, 2.05) is 12.1 Å². The van der Waals surface area contributed by atoms with E-state index in [2.05, 4.69) is 41.5 Å². The van der Waals surface area contributed by atoms with Crippen molar-refractivity contribution in [3.8, 4) is 5.75 Å². The van der Waals surface area contributed by atoms with Crippen LogP contribution in [0.4, 0.5) is 0 Å². The molecule has 126 valence electrons. The molecule has 1 saturated carbocycles. The maximum Gasteiger partial charge on any atom is 0.163 e. The van der Waals surface area contributed by atoms with Gasteiger partial charge in [0, 0.05) is 12.0 Å². The van der Waals surface area contributed by atoms with Gasteiger partial charge in [-0.15, -0.1) is 0 Å². The molecule has 0 amide bonds. The first-order chi connectivity index (χ1) is 10.5. The van der Waals surface area contributed by atoms with E-state index in [1.165, 1.54) is 6.42 Å². The number of phenolic OH excluding ortho intramolecular Hbond substituents is 1. The molecule has 1 aromatic carbocycles. The summed E-state index contributed by atoms with van der Waals surface area (Å²) in [7, 11) is 0. The van der Waals surface area contributed by atoms with Crippen LogP contribution < -0.4 is 0 Å². The third-order valence-corrected chi connectivity index (χ3v) is 7.39. The molecule has 3 rings (SSSR count). The zero-order chi connectivity index (χ0) is 17.2. The number of hydrogen-bond acceptors (Lipinski definition) is 2. The predicted octanol–water partition coefficient (Wildman–Crippen LogP) is 5.58. The zero-order valence-corrected chi connectivity index (χ0v) is 15.4. The van der Waals surface area contributed by atoms with Crippen LogP contribution in [-0.2, 0) is 5.41 Å². The molecule has 1 aromatic rings. The Morgan fingerprint density at radius 3 is 2.35 bits per heavy atom. The van der Waals surface area contributed by atoms with E-state index in [0.717, 1.165) is 29.5 Å². The van der Waals surface area contributed by atoms with Gasteiger partial charge in [-0.25, -0.2) is 0 Å². The Morgan fingerprint density at radius 1 is 1.09 bits per heavy atom. The van der Waals surface area contributed by atoms with Crippen molar-refractivity contribution < 1.29 is 9.90 Å². The molecule has 0 heterocycles. The quantitative estimate of drug-likeness (QED) is 0.735. The largest absolute Gasteiger partial charge is 0.508 e. The second kappa shape index (κ2) is 4.84. The molecule has 2 heteroatoms. The minimum absolute atomic E-state index is 0.0506. The Morgan fingerprint density at radius 2 is 1.74 bits per heavy atom. The highest BCUT2D eigenvalue weighted by molar-refractivity contribution is 6.00. The van der Waals surface area contributed by atoms with Gasteiger partial charge in [0.15, 0.2) is 5.78 Å². The summed E-state index contributed by atoms with van der Waals surface area (Å²) in [6, 6.07) is 3.87. The lowest BCUT2D eigenvalue weighted by Crippen LogP contribution is -2.57. The van der Waals surface area contributed by atoms with E-state index in [0.29, 0.717) is 12.2 Å². The number of aromatic hydroxyl groups is 1. The van der Waals surface area contributed by atoms with Crippen LogP contribution in [0, 0.1) is 10.8 Å². The van der Waals surface area contributed by atoms with Crippen LogP contribution in [0.2, 0.25) is 0 Å². The summed E-state index contributed by atoms with van der Waals surface area (Å²) in [5.74, 6) is 0.814. The first-order valence-corrected chi connectivity index (χ1v) is 8.94. The van der Waals surface area contributed by atoms with Crippen LogP contribution in [0.25, 0.3) is 0 Å². The molecule has 2 aliphatic rings. The van der Waals surface area contributed by atoms with Gasteiger partial charge in [0.1, 0.15) is 5.75 Å². The van der Waals surface area contributed by atoms with Crippen LogP contribution in [0.3, 0.4) is 0 Å². The maximum absolute atomic E-state index is 13.0. The molecule has 0 aromatic heterocycles. The average Bonchev–Trinajstić information content (AvgIpc) is 2.43. The van der Waals surface area contributed by atoms with E-state index in [1.54, 1.807) is 0 Å². The van der Waals surface area contributed by atoms with Crippen molar-refractivity contribution in [2.24, 2.45) is 10.8 Å². The highest BCUT2D eigenvalue weighted by Gasteiger charge is 2.60. The van der Waals surface area contributed by atoms with Crippen LogP contribution in [0.5, 0.6) is 5.75 Å². The minimum atomic E-state index is -0.0614. The zero-order valence-electron chi connectivity index (χ0n) is 15.4. The summed E-state index contributed by atoms with van der Waals surface area (Å²) in [6.45, 7) is 13.3. The van der Waals surface area contributed by atoms with Crippen molar-refractivity contribution in [1.29, 1.82) is 0 Å². The number of benzene rings is 1. The highest BCUT2D eigenvalue weighted by atomic mass is 16.3. The first kappa shape index (κ1) is 16.5. The Hall–Kier alpha value is -1.31. The Bertz CT molecular complexity index is 671. The number of hydrogen-bond donors (Lipinski definition) is 1. The fraction of sp³-hybridized carbons (Fsp3) is 0.667. The number of phenols is 1. The van der Waals surface area contributed by atoms with Gasteiger partial charge in [0.05, 0.1) is 0 Å². The van der Waals surface area contributed by atoms with Crippen LogP contribution in [0.1, 0.15) is 94.6 Å². The third-order valence-electron chi connectivity index (χ3n) is 7.39. The van der Waals surface area contributed by atoms with Crippen molar-refractivity contribution in [1.82, 2.24) is 0 Å². The maximum atomic E-state index is 13.0. The van der Waals surface area contributed by atoms with Gasteiger partial charge < -0.3 is 5.11 Å². The molecule has 1 fully saturated rings. The van der Waals surface area contributed by atoms with E-state index in [-0.39, 0.29) is 27.9 Å². The predicted molar refractivity (Wildman–Crippen MR) is 94.2 cm³/mol. The van der Waals surface area contributed by atoms with Gasteiger partial charge in [0.25, 0.3) is 0 Å². The molecule has 1 N–H and O–H groups in total. The van der Waals surface area contributed by atoms with Gasteiger partial charge in [-0.3, -0.25) is 4.79 Å². The number of carbonyl (C=O) groups is 1. The Kier molecular flexibility index (Phi) is 3.48. The minimum Gasteiger partial charge on any atom is -0.508 e. The molecule has 0 unspecified atom stereocenters. The van der Waals surface area contributed by atoms with Crippen LogP contribution in [-0.4, -0.2) is 10.9 Å². The van der Waals surface area contributed by atoms with Gasteiger partial charge in [-0.2, -0.15) is 0 Å². The Labute approximate surface area is 140 Å². The van der Waals surface area contributed by atoms with E-state index < -0.39 is 0 Å². The average molecular weight is 314 g/mol. The second-order valence-electron chi connectivity index (χ2n) is 9.11. The van der Waals surface area contributed by atoms with Gasteiger partial charge in [-0.05, 0) is 58.3 Å². The fourth-order valence-electron chi connectivity index (χ4n) is 5.22. The molecule has 0 radical (unpaired) electrons. The number of Topliss-reactive ketones (excluding diaryl/α,β-unsaturated/α-hetero) is 1. The first-order valence-electron chi connectivity index (χ1n) is 8.94. The summed E-state index contributed by atoms with van der Waals surface area (Å²) >= 11 is 0. The SMILES string of the molecule is CC(C)c1cc2c(cc1O)[C@@]1(C)CCCC(C)(C)[C@]1(C)CC2=O. The molecule has 0 spiro atoms. The lowest BCUT2D eigenvalue weighted by Gasteiger charge is -2.61. The van der Waals surface area contributed by atoms with Crippen molar-refractivity contribution in [3.63, 3.8) is 0 Å². The summed E-state index contributed by atoms with van der Waals surface area (Å²) < 4.78 is 0. The molecule has 0 saturated heterocycles. The van der Waals surface area contributed by atoms with Crippen molar-refractivity contribution in [3.05, 3.63) is 28.8 Å². The number of carbonyl (C=O) groups excluding carboxylic acids is 1. The fourth-order valence-corrected chi connectivity index (χ4v) is 5.22. The summed E-state index contributed by atoms with van der Waals surface area (Å²) in [6.07, 6.45) is 4.05. The lowest BCUT2D eigenvalue weighted by atomic mass is 9.42. The highest BCUT2D eigenvalue weighted by Crippen LogP contribution is 2.65. The van der Waals surface area contributed by atoms with Crippen molar-refractivity contribution in [2.75, 3.05) is 0 Å². The molecule has 2 nitrogen and oxygen atoms in total. The van der Waals surface area contributed by atoms with Crippen LogP contribution >= 0.6 is 0 Å². The summed E-state index contributed by atoms with van der Waals surface area (Å²) in [4.78, 5) is 13.0. The van der Waals surface area contributed by atoms with E-state index in [4.69, 9.17) is 0 Å². The lowest BCUT2D eigenvalue weighted by molar-refractivity contribution is -0.0489. The smallest absolute Gasteiger partial charge is 0.163 e. The van der Waals surface area contributed by atoms with E-state index >= 15 is 0 Å². The molecule has 2 aliphatic carbocycles. The topological polar surface area (TPSA) is 37.3 Å². The normalized spacial score (nSPS) is 32.6. The van der Waals surface area contributed by atoms with Gasteiger partial charge in [0.2, 0.25) is 0 Å².